The predicted octanol–water partition coefficient (Wildman–Crippen LogP) is 3.66. The van der Waals surface area contributed by atoms with E-state index in [0.717, 1.165) is 31.5 Å². The first-order chi connectivity index (χ1) is 13.7. The molecule has 29 heavy (non-hydrogen) atoms. The number of rotatable bonds is 6. The number of carbonyl (C=O) groups is 2. The molecule has 0 radical (unpaired) electrons. The van der Waals surface area contributed by atoms with Crippen LogP contribution >= 0.6 is 0 Å². The number of nitrogens with zero attached hydrogens (tertiary/aromatic N) is 1. The highest BCUT2D eigenvalue weighted by molar-refractivity contribution is 5.94. The van der Waals surface area contributed by atoms with Crippen LogP contribution in [-0.4, -0.2) is 50.6 Å². The Morgan fingerprint density at radius 1 is 1.14 bits per heavy atom. The Hall–Kier alpha value is -2.50. The molecule has 0 atom stereocenters. The molecule has 1 aromatic carbocycles. The maximum atomic E-state index is 12.5. The molecule has 1 fully saturated rings. The van der Waals surface area contributed by atoms with E-state index in [9.17, 15) is 9.59 Å². The minimum atomic E-state index is -0.131. The summed E-state index contributed by atoms with van der Waals surface area (Å²) in [6.07, 6.45) is 3.54. The fourth-order valence-electron chi connectivity index (χ4n) is 3.17. The number of likely N-dealkylation sites (tertiary alicyclic amines) is 1. The van der Waals surface area contributed by atoms with E-state index in [0.29, 0.717) is 29.5 Å². The van der Waals surface area contributed by atoms with Gasteiger partial charge in [0.05, 0.1) is 14.2 Å². The van der Waals surface area contributed by atoms with Crippen LogP contribution in [0.4, 0.5) is 0 Å². The molecule has 1 aliphatic rings. The van der Waals surface area contributed by atoms with E-state index >= 15 is 0 Å². The zero-order valence-electron chi connectivity index (χ0n) is 18.5. The minimum absolute atomic E-state index is 0.00238. The topological polar surface area (TPSA) is 67.9 Å². The average molecular weight is 403 g/mol. The second-order valence-corrected chi connectivity index (χ2v) is 8.63. The molecule has 1 heterocycles. The average Bonchev–Trinajstić information content (AvgIpc) is 2.70. The Morgan fingerprint density at radius 3 is 2.31 bits per heavy atom. The summed E-state index contributed by atoms with van der Waals surface area (Å²) in [4.78, 5) is 26.9. The van der Waals surface area contributed by atoms with Gasteiger partial charge in [0.1, 0.15) is 0 Å². The van der Waals surface area contributed by atoms with Crippen LogP contribution < -0.4 is 14.8 Å². The lowest BCUT2D eigenvalue weighted by Gasteiger charge is -2.32. The summed E-state index contributed by atoms with van der Waals surface area (Å²) in [7, 11) is 3.11. The number of benzene rings is 1. The lowest BCUT2D eigenvalue weighted by molar-refractivity contribution is -0.127. The van der Waals surface area contributed by atoms with Gasteiger partial charge in [-0.25, -0.2) is 0 Å². The molecule has 6 nitrogen and oxygen atoms in total. The van der Waals surface area contributed by atoms with E-state index in [1.54, 1.807) is 38.5 Å². The zero-order chi connectivity index (χ0) is 21.6. The van der Waals surface area contributed by atoms with Gasteiger partial charge in [-0.1, -0.05) is 26.3 Å². The van der Waals surface area contributed by atoms with Gasteiger partial charge in [-0.2, -0.15) is 0 Å². The molecule has 160 valence electrons. The number of methoxy groups -OCH3 is 2. The Bertz CT molecular complexity index is 757. The first kappa shape index (κ1) is 22.8. The number of amides is 2. The van der Waals surface area contributed by atoms with Crippen LogP contribution in [0, 0.1) is 11.3 Å². The van der Waals surface area contributed by atoms with Crippen molar-refractivity contribution in [2.75, 3.05) is 33.9 Å². The summed E-state index contributed by atoms with van der Waals surface area (Å²) in [5, 5.41) is 3.00. The number of carbonyl (C=O) groups excluding carboxylic acids is 2. The first-order valence-corrected chi connectivity index (χ1v) is 10.1. The molecular formula is C23H34N2O4. The van der Waals surface area contributed by atoms with Crippen molar-refractivity contribution in [2.45, 2.75) is 40.5 Å². The lowest BCUT2D eigenvalue weighted by atomic mass is 9.87. The number of allylic oxidation sites excluding steroid dienone is 1. The summed E-state index contributed by atoms with van der Waals surface area (Å²) in [5.74, 6) is 1.46. The molecule has 0 unspecified atom stereocenters. The molecule has 1 aromatic rings. The van der Waals surface area contributed by atoms with E-state index in [4.69, 9.17) is 9.47 Å². The molecule has 2 amide bonds. The summed E-state index contributed by atoms with van der Waals surface area (Å²) in [6, 6.07) is 5.13. The highest BCUT2D eigenvalue weighted by atomic mass is 16.5. The van der Waals surface area contributed by atoms with Crippen LogP contribution in [0.2, 0.25) is 0 Å². The van der Waals surface area contributed by atoms with Crippen LogP contribution in [0.15, 0.2) is 29.8 Å². The number of nitrogens with one attached hydrogen (secondary N) is 1. The van der Waals surface area contributed by atoms with Crippen molar-refractivity contribution >= 4 is 11.8 Å². The molecule has 6 heteroatoms. The number of hydrogen-bond donors (Lipinski definition) is 1. The van der Waals surface area contributed by atoms with Crippen molar-refractivity contribution in [1.82, 2.24) is 10.2 Å². The SMILES string of the molecule is COc1ccc(C(=O)NCC2CCN(C(=O)/C=C(\C)C(C)(C)C)CC2)cc1OC. The van der Waals surface area contributed by atoms with Gasteiger partial charge in [-0.15, -0.1) is 0 Å². The molecule has 0 aliphatic carbocycles. The Balaban J connectivity index is 1.84. The fourth-order valence-corrected chi connectivity index (χ4v) is 3.17. The molecule has 2 rings (SSSR count). The predicted molar refractivity (Wildman–Crippen MR) is 114 cm³/mol. The van der Waals surface area contributed by atoms with Crippen molar-refractivity contribution in [3.05, 3.63) is 35.4 Å². The Morgan fingerprint density at radius 2 is 1.76 bits per heavy atom. The van der Waals surface area contributed by atoms with Crippen LogP contribution in [-0.2, 0) is 4.79 Å². The molecule has 1 aliphatic heterocycles. The van der Waals surface area contributed by atoms with Crippen molar-refractivity contribution in [3.63, 3.8) is 0 Å². The van der Waals surface area contributed by atoms with Crippen LogP contribution in [0.25, 0.3) is 0 Å². The molecule has 0 spiro atoms. The van der Waals surface area contributed by atoms with E-state index in [-0.39, 0.29) is 17.2 Å². The molecule has 1 saturated heterocycles. The zero-order valence-corrected chi connectivity index (χ0v) is 18.5. The van der Waals surface area contributed by atoms with E-state index in [1.165, 1.54) is 0 Å². The Labute approximate surface area is 174 Å². The molecule has 1 N–H and O–H groups in total. The summed E-state index contributed by atoms with van der Waals surface area (Å²) >= 11 is 0. The maximum Gasteiger partial charge on any atom is 0.251 e. The van der Waals surface area contributed by atoms with Crippen molar-refractivity contribution in [2.24, 2.45) is 11.3 Å². The number of ether oxygens (including phenoxy) is 2. The van der Waals surface area contributed by atoms with Crippen LogP contribution in [0.5, 0.6) is 11.5 Å². The highest BCUT2D eigenvalue weighted by Gasteiger charge is 2.23. The quantitative estimate of drug-likeness (QED) is 0.738. The monoisotopic (exact) mass is 402 g/mol. The van der Waals surface area contributed by atoms with E-state index in [1.807, 2.05) is 11.8 Å². The molecule has 0 saturated carbocycles. The first-order valence-electron chi connectivity index (χ1n) is 10.1. The summed E-state index contributed by atoms with van der Waals surface area (Å²) in [6.45, 7) is 10.4. The molecule has 0 aromatic heterocycles. The smallest absolute Gasteiger partial charge is 0.251 e. The molecule has 0 bridgehead atoms. The van der Waals surface area contributed by atoms with Gasteiger partial charge >= 0.3 is 0 Å². The van der Waals surface area contributed by atoms with Crippen molar-refractivity contribution in [3.8, 4) is 11.5 Å². The second kappa shape index (κ2) is 9.81. The fraction of sp³-hybridized carbons (Fsp3) is 0.565. The number of piperidine rings is 1. The molecular weight excluding hydrogens is 368 g/mol. The van der Waals surface area contributed by atoms with Gasteiger partial charge in [0, 0.05) is 31.3 Å². The van der Waals surface area contributed by atoms with Crippen molar-refractivity contribution < 1.29 is 19.1 Å². The third-order valence-electron chi connectivity index (χ3n) is 5.65. The van der Waals surface area contributed by atoms with Crippen LogP contribution in [0.1, 0.15) is 50.9 Å². The summed E-state index contributed by atoms with van der Waals surface area (Å²) in [5.41, 5.74) is 1.63. The van der Waals surface area contributed by atoms with Crippen LogP contribution in [0.3, 0.4) is 0 Å². The Kier molecular flexibility index (Phi) is 7.71. The standard InChI is InChI=1S/C23H34N2O4/c1-16(23(2,3)4)13-21(26)25-11-9-17(10-12-25)15-24-22(27)18-7-8-19(28-5)20(14-18)29-6/h7-8,13-14,17H,9-12,15H2,1-6H3,(H,24,27)/b16-13+. The third kappa shape index (κ3) is 6.24. The van der Waals surface area contributed by atoms with Gasteiger partial charge in [0.15, 0.2) is 11.5 Å². The maximum absolute atomic E-state index is 12.5. The largest absolute Gasteiger partial charge is 0.493 e. The van der Waals surface area contributed by atoms with Gasteiger partial charge in [0.2, 0.25) is 5.91 Å². The van der Waals surface area contributed by atoms with Crippen molar-refractivity contribution in [1.29, 1.82) is 0 Å². The number of hydrogen-bond acceptors (Lipinski definition) is 4. The normalized spacial score (nSPS) is 15.8. The highest BCUT2D eigenvalue weighted by Crippen LogP contribution is 2.28. The van der Waals surface area contributed by atoms with Gasteiger partial charge in [-0.3, -0.25) is 9.59 Å². The lowest BCUT2D eigenvalue weighted by Crippen LogP contribution is -2.41. The van der Waals surface area contributed by atoms with Gasteiger partial charge in [0.25, 0.3) is 5.91 Å². The third-order valence-corrected chi connectivity index (χ3v) is 5.65. The van der Waals surface area contributed by atoms with E-state index in [2.05, 4.69) is 26.1 Å². The van der Waals surface area contributed by atoms with Gasteiger partial charge < -0.3 is 19.7 Å². The second-order valence-electron chi connectivity index (χ2n) is 8.63. The minimum Gasteiger partial charge on any atom is -0.493 e. The van der Waals surface area contributed by atoms with Gasteiger partial charge in [-0.05, 0) is 49.3 Å². The van der Waals surface area contributed by atoms with E-state index < -0.39 is 0 Å². The summed E-state index contributed by atoms with van der Waals surface area (Å²) < 4.78 is 10.5.